The summed E-state index contributed by atoms with van der Waals surface area (Å²) in [7, 11) is -0.370. The Kier molecular flexibility index (Phi) is 4.88. The monoisotopic (exact) mass is 354 g/mol. The lowest BCUT2D eigenvalue weighted by molar-refractivity contribution is 0.0974. The second-order valence-electron chi connectivity index (χ2n) is 5.77. The Labute approximate surface area is 146 Å². The molecule has 0 saturated carbocycles. The summed E-state index contributed by atoms with van der Waals surface area (Å²) in [6.45, 7) is 0. The molecule has 0 radical (unpaired) electrons. The Morgan fingerprint density at radius 2 is 1.56 bits per heavy atom. The van der Waals surface area contributed by atoms with Crippen molar-refractivity contribution in [1.29, 1.82) is 0 Å². The van der Waals surface area contributed by atoms with Crippen molar-refractivity contribution < 1.29 is 13.9 Å². The lowest BCUT2D eigenvalue weighted by atomic mass is 10.1. The summed E-state index contributed by atoms with van der Waals surface area (Å²) in [5, 5.41) is 4.56. The zero-order valence-electron chi connectivity index (χ0n) is 14.0. The topological polar surface area (TPSA) is 58.6 Å². The van der Waals surface area contributed by atoms with Gasteiger partial charge in [-0.25, -0.2) is 9.24 Å². The van der Waals surface area contributed by atoms with E-state index in [0.29, 0.717) is 11.3 Å². The number of nitrogens with zero attached hydrogens (tertiary/aromatic N) is 1. The largest absolute Gasteiger partial charge is 0.421 e. The van der Waals surface area contributed by atoms with Gasteiger partial charge < -0.3 is 4.52 Å². The van der Waals surface area contributed by atoms with Gasteiger partial charge in [0.25, 0.3) is 5.91 Å². The van der Waals surface area contributed by atoms with Crippen molar-refractivity contribution in [3.63, 3.8) is 0 Å². The van der Waals surface area contributed by atoms with Crippen molar-refractivity contribution in [2.45, 2.75) is 0 Å². The molecule has 6 heteroatoms. The molecule has 0 fully saturated rings. The van der Waals surface area contributed by atoms with Gasteiger partial charge in [0.05, 0.1) is 0 Å². The first-order valence-electron chi connectivity index (χ1n) is 7.82. The average molecular weight is 354 g/mol. The Morgan fingerprint density at radius 1 is 0.920 bits per heavy atom. The number of carbonyl (C=O) groups excluding carboxylic acids is 1. The maximum Gasteiger partial charge on any atom is 0.421 e. The fourth-order valence-electron chi connectivity index (χ4n) is 2.35. The molecule has 1 amide bonds. The smallest absolute Gasteiger partial charge is 0.418 e. The molecule has 1 atom stereocenters. The maximum absolute atomic E-state index is 13.2. The molecule has 0 bridgehead atoms. The summed E-state index contributed by atoms with van der Waals surface area (Å²) < 4.78 is 20.3. The van der Waals surface area contributed by atoms with Crippen LogP contribution in [-0.2, 0) is 4.57 Å². The van der Waals surface area contributed by atoms with Gasteiger partial charge in [0, 0.05) is 5.56 Å². The molecule has 3 aromatic carbocycles. The molecule has 128 valence electrons. The van der Waals surface area contributed by atoms with E-state index in [4.69, 9.17) is 4.52 Å². The lowest BCUT2D eigenvalue weighted by Gasteiger charge is -2.25. The molecule has 3 rings (SSSR count). The SMILES string of the molecule is CN(C)P(=O)(NC(=O)c1ccccc1)Oc1ccc2ccccc2c1. The Bertz CT molecular complexity index is 942. The first-order chi connectivity index (χ1) is 12.0. The van der Waals surface area contributed by atoms with Gasteiger partial charge in [0.2, 0.25) is 0 Å². The fraction of sp³-hybridized carbons (Fsp3) is 0.105. The van der Waals surface area contributed by atoms with Gasteiger partial charge in [-0.05, 0) is 49.1 Å². The minimum Gasteiger partial charge on any atom is -0.418 e. The van der Waals surface area contributed by atoms with Crippen molar-refractivity contribution in [3.05, 3.63) is 78.4 Å². The zero-order valence-corrected chi connectivity index (χ0v) is 14.9. The summed E-state index contributed by atoms with van der Waals surface area (Å²) in [5.41, 5.74) is 0.423. The van der Waals surface area contributed by atoms with Gasteiger partial charge >= 0.3 is 7.67 Å². The number of benzene rings is 3. The van der Waals surface area contributed by atoms with E-state index in [0.717, 1.165) is 10.8 Å². The molecular weight excluding hydrogens is 335 g/mol. The van der Waals surface area contributed by atoms with Crippen LogP contribution in [0.4, 0.5) is 0 Å². The molecule has 0 aliphatic carbocycles. The van der Waals surface area contributed by atoms with Crippen molar-refractivity contribution in [1.82, 2.24) is 9.76 Å². The molecule has 0 aliphatic rings. The van der Waals surface area contributed by atoms with Crippen molar-refractivity contribution >= 4 is 24.3 Å². The highest BCUT2D eigenvalue weighted by Gasteiger charge is 2.31. The molecule has 0 aromatic heterocycles. The van der Waals surface area contributed by atoms with Crippen LogP contribution in [0.2, 0.25) is 0 Å². The predicted molar refractivity (Wildman–Crippen MR) is 99.8 cm³/mol. The number of rotatable bonds is 5. The van der Waals surface area contributed by atoms with Crippen LogP contribution in [0.25, 0.3) is 10.8 Å². The Hall–Kier alpha value is -2.62. The number of hydrogen-bond acceptors (Lipinski definition) is 3. The van der Waals surface area contributed by atoms with Crippen LogP contribution in [0.1, 0.15) is 10.4 Å². The van der Waals surface area contributed by atoms with Crippen LogP contribution < -0.4 is 9.61 Å². The van der Waals surface area contributed by atoms with E-state index in [1.165, 1.54) is 4.67 Å². The third-order valence-corrected chi connectivity index (χ3v) is 5.75. The Morgan fingerprint density at radius 3 is 2.24 bits per heavy atom. The summed E-state index contributed by atoms with van der Waals surface area (Å²) in [5.74, 6) is -0.0116. The van der Waals surface area contributed by atoms with Gasteiger partial charge in [0.15, 0.2) is 0 Å². The predicted octanol–water partition coefficient (Wildman–Crippen LogP) is 4.32. The van der Waals surface area contributed by atoms with E-state index in [9.17, 15) is 9.36 Å². The number of hydrogen-bond donors (Lipinski definition) is 1. The molecule has 5 nitrogen and oxygen atoms in total. The second kappa shape index (κ2) is 7.09. The molecule has 1 N–H and O–H groups in total. The molecule has 0 saturated heterocycles. The lowest BCUT2D eigenvalue weighted by Crippen LogP contribution is -2.30. The number of nitrogens with one attached hydrogen (secondary N) is 1. The van der Waals surface area contributed by atoms with Crippen molar-refractivity contribution in [3.8, 4) is 5.75 Å². The average Bonchev–Trinajstić information content (AvgIpc) is 2.62. The summed E-state index contributed by atoms with van der Waals surface area (Å²) in [6, 6.07) is 21.9. The van der Waals surface area contributed by atoms with E-state index >= 15 is 0 Å². The minimum atomic E-state index is -3.58. The van der Waals surface area contributed by atoms with Gasteiger partial charge in [-0.15, -0.1) is 0 Å². The van der Waals surface area contributed by atoms with E-state index in [1.54, 1.807) is 50.5 Å². The van der Waals surface area contributed by atoms with Gasteiger partial charge in [-0.1, -0.05) is 48.5 Å². The molecule has 0 aliphatic heterocycles. The molecule has 0 heterocycles. The quantitative estimate of drug-likeness (QED) is 0.694. The first kappa shape index (κ1) is 17.2. The van der Waals surface area contributed by atoms with Crippen molar-refractivity contribution in [2.24, 2.45) is 0 Å². The van der Waals surface area contributed by atoms with Crippen LogP contribution in [0.5, 0.6) is 5.75 Å². The van der Waals surface area contributed by atoms with Gasteiger partial charge in [-0.2, -0.15) is 0 Å². The summed E-state index contributed by atoms with van der Waals surface area (Å²) in [4.78, 5) is 12.4. The molecule has 0 spiro atoms. The van der Waals surface area contributed by atoms with Gasteiger partial charge in [0.1, 0.15) is 5.75 Å². The van der Waals surface area contributed by atoms with Crippen molar-refractivity contribution in [2.75, 3.05) is 14.1 Å². The van der Waals surface area contributed by atoms with Crippen LogP contribution in [0, 0.1) is 0 Å². The number of amides is 1. The van der Waals surface area contributed by atoms with E-state index < -0.39 is 13.6 Å². The molecule has 25 heavy (non-hydrogen) atoms. The fourth-order valence-corrected chi connectivity index (χ4v) is 3.55. The summed E-state index contributed by atoms with van der Waals surface area (Å²) >= 11 is 0. The standard InChI is InChI=1S/C19H19N2O3P/c1-21(2)25(23,20-19(22)16-9-4-3-5-10-16)24-18-13-12-15-8-6-7-11-17(15)14-18/h3-14H,1-2H3,(H,20,22,23). The van der Waals surface area contributed by atoms with Crippen LogP contribution in [-0.4, -0.2) is 24.7 Å². The summed E-state index contributed by atoms with van der Waals surface area (Å²) in [6.07, 6.45) is 0. The first-order valence-corrected chi connectivity index (χ1v) is 9.40. The third kappa shape index (κ3) is 3.90. The van der Waals surface area contributed by atoms with Crippen LogP contribution >= 0.6 is 7.67 Å². The highest BCUT2D eigenvalue weighted by Crippen LogP contribution is 2.45. The Balaban J connectivity index is 1.86. The zero-order chi connectivity index (χ0) is 17.9. The number of carbonyl (C=O) groups is 1. The minimum absolute atomic E-state index is 0.423. The third-order valence-electron chi connectivity index (χ3n) is 3.76. The maximum atomic E-state index is 13.2. The van der Waals surface area contributed by atoms with E-state index in [1.807, 2.05) is 36.4 Å². The normalized spacial score (nSPS) is 13.4. The molecule has 1 unspecified atom stereocenters. The van der Waals surface area contributed by atoms with E-state index in [2.05, 4.69) is 5.09 Å². The highest BCUT2D eigenvalue weighted by molar-refractivity contribution is 7.55. The molecular formula is C19H19N2O3P. The molecule has 3 aromatic rings. The van der Waals surface area contributed by atoms with Gasteiger partial charge in [-0.3, -0.25) is 9.88 Å². The van der Waals surface area contributed by atoms with Crippen LogP contribution in [0.3, 0.4) is 0 Å². The second-order valence-corrected chi connectivity index (χ2v) is 8.02. The van der Waals surface area contributed by atoms with E-state index in [-0.39, 0.29) is 0 Å². The highest BCUT2D eigenvalue weighted by atomic mass is 31.2. The number of fused-ring (bicyclic) bond motifs is 1. The van der Waals surface area contributed by atoms with Crippen LogP contribution in [0.15, 0.2) is 72.8 Å².